The molecule has 0 aromatic heterocycles. The van der Waals surface area contributed by atoms with E-state index in [1.54, 1.807) is 0 Å². The van der Waals surface area contributed by atoms with Crippen LogP contribution in [-0.4, -0.2) is 11.4 Å². The Morgan fingerprint density at radius 2 is 2.00 bits per heavy atom. The average molecular weight is 248 g/mol. The third-order valence-corrected chi connectivity index (χ3v) is 2.51. The number of benzene rings is 1. The minimum atomic E-state index is -0.552. The molecule has 0 amide bonds. The molecule has 0 saturated carbocycles. The van der Waals surface area contributed by atoms with E-state index in [2.05, 4.69) is 5.32 Å². The van der Waals surface area contributed by atoms with Crippen LogP contribution in [0.4, 0.5) is 8.78 Å². The predicted octanol–water partition coefficient (Wildman–Crippen LogP) is 3.46. The van der Waals surface area contributed by atoms with Gasteiger partial charge in [0, 0.05) is 29.6 Å². The third-order valence-electron chi connectivity index (χ3n) is 2.33. The van der Waals surface area contributed by atoms with Gasteiger partial charge in [-0.1, -0.05) is 6.07 Å². The maximum atomic E-state index is 13.3. The number of halogens is 3. The lowest BCUT2D eigenvalue weighted by Gasteiger charge is -2.15. The summed E-state index contributed by atoms with van der Waals surface area (Å²) in [6.45, 7) is 4.29. The van der Waals surface area contributed by atoms with Gasteiger partial charge in [-0.15, -0.1) is 11.6 Å². The molecule has 1 rings (SSSR count). The van der Waals surface area contributed by atoms with E-state index in [0.717, 1.165) is 12.5 Å². The highest BCUT2D eigenvalue weighted by atomic mass is 35.5. The standard InChI is InChI=1S/C12H16ClF2N/c1-8(13)5-9(2)16-7-10-3-4-11(14)6-12(10)15/h3-4,6,8-9,16H,5,7H2,1-2H3. The molecule has 0 aliphatic heterocycles. The minimum Gasteiger partial charge on any atom is -0.310 e. The summed E-state index contributed by atoms with van der Waals surface area (Å²) in [6.07, 6.45) is 0.810. The molecule has 1 N–H and O–H groups in total. The lowest BCUT2D eigenvalue weighted by molar-refractivity contribution is 0.496. The van der Waals surface area contributed by atoms with Gasteiger partial charge in [-0.2, -0.15) is 0 Å². The fourth-order valence-corrected chi connectivity index (χ4v) is 1.79. The van der Waals surface area contributed by atoms with Gasteiger partial charge in [0.1, 0.15) is 11.6 Å². The number of rotatable bonds is 5. The molecule has 90 valence electrons. The van der Waals surface area contributed by atoms with Gasteiger partial charge in [0.15, 0.2) is 0 Å². The fraction of sp³-hybridized carbons (Fsp3) is 0.500. The van der Waals surface area contributed by atoms with Crippen molar-refractivity contribution in [1.82, 2.24) is 5.32 Å². The Labute approximate surface area is 99.8 Å². The lowest BCUT2D eigenvalue weighted by Crippen LogP contribution is -2.27. The maximum absolute atomic E-state index is 13.3. The number of hydrogen-bond acceptors (Lipinski definition) is 1. The maximum Gasteiger partial charge on any atom is 0.130 e. The van der Waals surface area contributed by atoms with Crippen LogP contribution in [0.5, 0.6) is 0 Å². The van der Waals surface area contributed by atoms with E-state index in [-0.39, 0.29) is 11.4 Å². The van der Waals surface area contributed by atoms with E-state index < -0.39 is 11.6 Å². The molecule has 2 atom stereocenters. The van der Waals surface area contributed by atoms with Gasteiger partial charge in [0.2, 0.25) is 0 Å². The van der Waals surface area contributed by atoms with Gasteiger partial charge >= 0.3 is 0 Å². The van der Waals surface area contributed by atoms with Crippen molar-refractivity contribution in [3.63, 3.8) is 0 Å². The first-order chi connectivity index (χ1) is 7.49. The molecule has 1 aromatic carbocycles. The van der Waals surface area contributed by atoms with E-state index in [1.165, 1.54) is 12.1 Å². The number of nitrogens with one attached hydrogen (secondary N) is 1. The van der Waals surface area contributed by atoms with Crippen LogP contribution in [0, 0.1) is 11.6 Å². The van der Waals surface area contributed by atoms with Gasteiger partial charge < -0.3 is 5.32 Å². The predicted molar refractivity (Wildman–Crippen MR) is 62.6 cm³/mol. The molecule has 16 heavy (non-hydrogen) atoms. The van der Waals surface area contributed by atoms with Crippen LogP contribution in [0.15, 0.2) is 18.2 Å². The minimum absolute atomic E-state index is 0.0839. The molecular formula is C12H16ClF2N. The first kappa shape index (κ1) is 13.4. The third kappa shape index (κ3) is 4.45. The van der Waals surface area contributed by atoms with Crippen molar-refractivity contribution in [1.29, 1.82) is 0 Å². The Morgan fingerprint density at radius 1 is 1.31 bits per heavy atom. The summed E-state index contributed by atoms with van der Waals surface area (Å²) in [4.78, 5) is 0. The highest BCUT2D eigenvalue weighted by molar-refractivity contribution is 6.20. The Morgan fingerprint density at radius 3 is 2.56 bits per heavy atom. The van der Waals surface area contributed by atoms with E-state index in [0.29, 0.717) is 12.1 Å². The summed E-state index contributed by atoms with van der Waals surface area (Å²) in [6, 6.07) is 3.81. The largest absolute Gasteiger partial charge is 0.310 e. The molecular weight excluding hydrogens is 232 g/mol. The molecule has 0 bridgehead atoms. The van der Waals surface area contributed by atoms with E-state index in [1.807, 2.05) is 13.8 Å². The molecule has 0 heterocycles. The van der Waals surface area contributed by atoms with Crippen LogP contribution in [-0.2, 0) is 6.54 Å². The number of hydrogen-bond donors (Lipinski definition) is 1. The summed E-state index contributed by atoms with van der Waals surface area (Å²) in [5.41, 5.74) is 0.468. The molecule has 0 spiro atoms. The topological polar surface area (TPSA) is 12.0 Å². The zero-order valence-electron chi connectivity index (χ0n) is 9.43. The zero-order valence-corrected chi connectivity index (χ0v) is 10.2. The van der Waals surface area contributed by atoms with Crippen molar-refractivity contribution in [2.45, 2.75) is 38.2 Å². The summed E-state index contributed by atoms with van der Waals surface area (Å²) >= 11 is 5.84. The first-order valence-corrected chi connectivity index (χ1v) is 5.74. The van der Waals surface area contributed by atoms with Gasteiger partial charge in [-0.3, -0.25) is 0 Å². The molecule has 1 aromatic rings. The molecule has 1 nitrogen and oxygen atoms in total. The van der Waals surface area contributed by atoms with Crippen LogP contribution in [0.3, 0.4) is 0 Å². The zero-order chi connectivity index (χ0) is 12.1. The Hall–Kier alpha value is -0.670. The van der Waals surface area contributed by atoms with E-state index in [4.69, 9.17) is 11.6 Å². The van der Waals surface area contributed by atoms with Gasteiger partial charge in [-0.25, -0.2) is 8.78 Å². The lowest BCUT2D eigenvalue weighted by atomic mass is 10.1. The van der Waals surface area contributed by atoms with Gasteiger partial charge in [0.25, 0.3) is 0 Å². The fourth-order valence-electron chi connectivity index (χ4n) is 1.52. The van der Waals surface area contributed by atoms with E-state index >= 15 is 0 Å². The second-order valence-corrected chi connectivity index (χ2v) is 4.78. The Balaban J connectivity index is 2.48. The number of alkyl halides is 1. The smallest absolute Gasteiger partial charge is 0.130 e. The van der Waals surface area contributed by atoms with Gasteiger partial charge in [-0.05, 0) is 26.3 Å². The molecule has 0 aliphatic rings. The molecule has 2 unspecified atom stereocenters. The summed E-state index contributed by atoms with van der Waals surface area (Å²) in [5, 5.41) is 3.23. The van der Waals surface area contributed by atoms with Crippen molar-refractivity contribution in [3.8, 4) is 0 Å². The van der Waals surface area contributed by atoms with Crippen molar-refractivity contribution in [2.24, 2.45) is 0 Å². The summed E-state index contributed by atoms with van der Waals surface area (Å²) in [7, 11) is 0. The summed E-state index contributed by atoms with van der Waals surface area (Å²) in [5.74, 6) is -1.07. The van der Waals surface area contributed by atoms with Gasteiger partial charge in [0.05, 0.1) is 0 Å². The molecule has 0 saturated heterocycles. The van der Waals surface area contributed by atoms with Crippen LogP contribution < -0.4 is 5.32 Å². The monoisotopic (exact) mass is 247 g/mol. The average Bonchev–Trinajstić information content (AvgIpc) is 2.15. The van der Waals surface area contributed by atoms with Crippen molar-refractivity contribution >= 4 is 11.6 Å². The molecule has 0 aliphatic carbocycles. The molecule has 0 radical (unpaired) electrons. The highest BCUT2D eigenvalue weighted by Gasteiger charge is 2.08. The van der Waals surface area contributed by atoms with Crippen LogP contribution in [0.1, 0.15) is 25.8 Å². The first-order valence-electron chi connectivity index (χ1n) is 5.30. The normalized spacial score (nSPS) is 14.8. The quantitative estimate of drug-likeness (QED) is 0.786. The van der Waals surface area contributed by atoms with E-state index in [9.17, 15) is 8.78 Å². The van der Waals surface area contributed by atoms with Crippen LogP contribution in [0.25, 0.3) is 0 Å². The Bertz CT molecular complexity index is 342. The summed E-state index contributed by atoms with van der Waals surface area (Å²) < 4.78 is 25.9. The SMILES string of the molecule is CC(Cl)CC(C)NCc1ccc(F)cc1F. The molecule has 4 heteroatoms. The second-order valence-electron chi connectivity index (χ2n) is 4.03. The van der Waals surface area contributed by atoms with Crippen molar-refractivity contribution < 1.29 is 8.78 Å². The Kier molecular flexibility index (Phi) is 5.16. The highest BCUT2D eigenvalue weighted by Crippen LogP contribution is 2.10. The second kappa shape index (κ2) is 6.16. The van der Waals surface area contributed by atoms with Crippen LogP contribution in [0.2, 0.25) is 0 Å². The van der Waals surface area contributed by atoms with Crippen molar-refractivity contribution in [2.75, 3.05) is 0 Å². The molecule has 0 fully saturated rings. The van der Waals surface area contributed by atoms with Crippen molar-refractivity contribution in [3.05, 3.63) is 35.4 Å². The van der Waals surface area contributed by atoms with Crippen LogP contribution >= 0.6 is 11.6 Å².